The summed E-state index contributed by atoms with van der Waals surface area (Å²) in [6, 6.07) is 5.55. The van der Waals surface area contributed by atoms with E-state index in [0.29, 0.717) is 12.1 Å². The minimum Gasteiger partial charge on any atom is -0.480 e. The molecule has 2 rings (SSSR count). The minimum atomic E-state index is -0.843. The van der Waals surface area contributed by atoms with E-state index in [4.69, 9.17) is 20.4 Å². The molecule has 28 heavy (non-hydrogen) atoms. The Morgan fingerprint density at radius 3 is 2.43 bits per heavy atom. The molecule has 0 aromatic carbocycles. The van der Waals surface area contributed by atoms with Gasteiger partial charge in [0.15, 0.2) is 11.3 Å². The van der Waals surface area contributed by atoms with Crippen LogP contribution in [0.1, 0.15) is 13.8 Å². The van der Waals surface area contributed by atoms with Crippen LogP contribution in [-0.4, -0.2) is 40.0 Å². The SMILES string of the molecule is CC1(C)OC(=C(C#N)C#N)C(C#N)=C1/C=C/C=C1C=CN(CC(O)CO)C=C1. The van der Waals surface area contributed by atoms with Crippen molar-refractivity contribution in [1.29, 1.82) is 15.8 Å². The third-order valence-electron chi connectivity index (χ3n) is 4.17. The van der Waals surface area contributed by atoms with Crippen molar-refractivity contribution in [2.24, 2.45) is 0 Å². The zero-order chi connectivity index (χ0) is 20.7. The van der Waals surface area contributed by atoms with Crippen LogP contribution >= 0.6 is 0 Å². The van der Waals surface area contributed by atoms with Gasteiger partial charge < -0.3 is 19.8 Å². The van der Waals surface area contributed by atoms with Gasteiger partial charge in [0.25, 0.3) is 0 Å². The standard InChI is InChI=1S/C21H20N4O3/c1-21(2)19(18(12-24)20(28-21)16(10-22)11-23)5-3-4-15-6-8-25(9-7-15)13-17(27)14-26/h3-9,17,26-27H,13-14H2,1-2H3/b5-3+. The summed E-state index contributed by atoms with van der Waals surface area (Å²) in [7, 11) is 0. The predicted octanol–water partition coefficient (Wildman–Crippen LogP) is 2.10. The number of hydrogen-bond acceptors (Lipinski definition) is 7. The van der Waals surface area contributed by atoms with E-state index in [2.05, 4.69) is 0 Å². The van der Waals surface area contributed by atoms with Gasteiger partial charge in [0.1, 0.15) is 29.4 Å². The molecule has 0 aromatic heterocycles. The Morgan fingerprint density at radius 2 is 1.89 bits per heavy atom. The zero-order valence-corrected chi connectivity index (χ0v) is 15.6. The molecule has 0 saturated carbocycles. The van der Waals surface area contributed by atoms with Crippen LogP contribution in [0.2, 0.25) is 0 Å². The van der Waals surface area contributed by atoms with E-state index >= 15 is 0 Å². The summed E-state index contributed by atoms with van der Waals surface area (Å²) in [6.45, 7) is 3.53. The lowest BCUT2D eigenvalue weighted by molar-refractivity contribution is 0.0802. The highest BCUT2D eigenvalue weighted by atomic mass is 16.5. The Balaban J connectivity index is 2.24. The van der Waals surface area contributed by atoms with Crippen LogP contribution in [0, 0.1) is 34.0 Å². The highest BCUT2D eigenvalue weighted by Crippen LogP contribution is 2.40. The van der Waals surface area contributed by atoms with Crippen molar-refractivity contribution in [3.05, 3.63) is 70.8 Å². The second-order valence-corrected chi connectivity index (χ2v) is 6.63. The average Bonchev–Trinajstić information content (AvgIpc) is 2.94. The summed E-state index contributed by atoms with van der Waals surface area (Å²) in [5, 5.41) is 46.0. The van der Waals surface area contributed by atoms with Gasteiger partial charge in [0.05, 0.1) is 19.3 Å². The topological polar surface area (TPSA) is 124 Å². The summed E-state index contributed by atoms with van der Waals surface area (Å²) in [5.41, 5.74) is 0.587. The predicted molar refractivity (Wildman–Crippen MR) is 101 cm³/mol. The highest BCUT2D eigenvalue weighted by molar-refractivity contribution is 5.60. The lowest BCUT2D eigenvalue weighted by Gasteiger charge is -2.21. The number of aliphatic hydroxyl groups excluding tert-OH is 2. The first kappa shape index (κ1) is 20.7. The first-order chi connectivity index (χ1) is 13.4. The molecule has 0 radical (unpaired) electrons. The van der Waals surface area contributed by atoms with Crippen molar-refractivity contribution in [3.63, 3.8) is 0 Å². The van der Waals surface area contributed by atoms with Crippen molar-refractivity contribution in [2.45, 2.75) is 25.6 Å². The lowest BCUT2D eigenvalue weighted by atomic mass is 9.94. The fraction of sp³-hybridized carbons (Fsp3) is 0.286. The first-order valence-corrected chi connectivity index (χ1v) is 8.54. The van der Waals surface area contributed by atoms with E-state index < -0.39 is 11.7 Å². The summed E-state index contributed by atoms with van der Waals surface area (Å²) >= 11 is 0. The molecule has 1 unspecified atom stereocenters. The van der Waals surface area contributed by atoms with Gasteiger partial charge in [-0.1, -0.05) is 18.2 Å². The number of nitrogens with zero attached hydrogens (tertiary/aromatic N) is 4. The van der Waals surface area contributed by atoms with Crippen LogP contribution in [0.4, 0.5) is 0 Å². The van der Waals surface area contributed by atoms with Gasteiger partial charge in [0, 0.05) is 18.0 Å². The Labute approximate surface area is 164 Å². The molecule has 0 aromatic rings. The van der Waals surface area contributed by atoms with E-state index in [0.717, 1.165) is 5.57 Å². The van der Waals surface area contributed by atoms with E-state index in [1.54, 1.807) is 55.4 Å². The average molecular weight is 376 g/mol. The number of nitriles is 3. The van der Waals surface area contributed by atoms with Crippen molar-refractivity contribution in [2.75, 3.05) is 13.2 Å². The molecular formula is C21H20N4O3. The molecule has 0 spiro atoms. The van der Waals surface area contributed by atoms with Crippen molar-refractivity contribution >= 4 is 0 Å². The summed E-state index contributed by atoms with van der Waals surface area (Å²) < 4.78 is 5.70. The van der Waals surface area contributed by atoms with Crippen LogP contribution in [0.3, 0.4) is 0 Å². The Bertz CT molecular complexity index is 912. The van der Waals surface area contributed by atoms with Crippen LogP contribution in [0.15, 0.2) is 70.8 Å². The van der Waals surface area contributed by atoms with E-state index in [1.807, 2.05) is 24.3 Å². The monoisotopic (exact) mass is 376 g/mol. The zero-order valence-electron chi connectivity index (χ0n) is 15.6. The molecule has 142 valence electrons. The van der Waals surface area contributed by atoms with Crippen molar-refractivity contribution < 1.29 is 14.9 Å². The van der Waals surface area contributed by atoms with Gasteiger partial charge in [0.2, 0.25) is 0 Å². The fourth-order valence-electron chi connectivity index (χ4n) is 2.74. The molecule has 0 aliphatic carbocycles. The Kier molecular flexibility index (Phi) is 6.58. The molecule has 0 amide bonds. The molecule has 0 bridgehead atoms. The van der Waals surface area contributed by atoms with Crippen molar-refractivity contribution in [1.82, 2.24) is 4.90 Å². The molecule has 2 aliphatic heterocycles. The van der Waals surface area contributed by atoms with E-state index in [9.17, 15) is 10.4 Å². The second-order valence-electron chi connectivity index (χ2n) is 6.63. The lowest BCUT2D eigenvalue weighted by Crippen LogP contribution is -2.27. The fourth-order valence-corrected chi connectivity index (χ4v) is 2.74. The molecule has 2 N–H and O–H groups in total. The first-order valence-electron chi connectivity index (χ1n) is 8.54. The number of aliphatic hydroxyl groups is 2. The number of ether oxygens (including phenoxy) is 1. The number of allylic oxidation sites excluding steroid dienone is 7. The molecule has 7 nitrogen and oxygen atoms in total. The van der Waals surface area contributed by atoms with Gasteiger partial charge in [-0.25, -0.2) is 0 Å². The minimum absolute atomic E-state index is 0.0142. The number of hydrogen-bond donors (Lipinski definition) is 2. The van der Waals surface area contributed by atoms with Crippen LogP contribution < -0.4 is 0 Å². The normalized spacial score (nSPS) is 18.5. The third-order valence-corrected chi connectivity index (χ3v) is 4.17. The maximum Gasteiger partial charge on any atom is 0.172 e. The van der Waals surface area contributed by atoms with E-state index in [-0.39, 0.29) is 23.5 Å². The van der Waals surface area contributed by atoms with Gasteiger partial charge in [-0.15, -0.1) is 0 Å². The summed E-state index contributed by atoms with van der Waals surface area (Å²) in [4.78, 5) is 1.76. The Hall–Kier alpha value is -3.57. The molecule has 0 saturated heterocycles. The van der Waals surface area contributed by atoms with E-state index in [1.165, 1.54) is 0 Å². The quantitative estimate of drug-likeness (QED) is 0.704. The maximum absolute atomic E-state index is 9.49. The largest absolute Gasteiger partial charge is 0.480 e. The Morgan fingerprint density at radius 1 is 1.25 bits per heavy atom. The van der Waals surface area contributed by atoms with Crippen LogP contribution in [-0.2, 0) is 4.74 Å². The number of rotatable bonds is 5. The molecule has 2 aliphatic rings. The molecule has 0 fully saturated rings. The third kappa shape index (κ3) is 4.58. The summed E-state index contributed by atoms with van der Waals surface area (Å²) in [5.74, 6) is 0.0142. The van der Waals surface area contributed by atoms with Gasteiger partial charge in [-0.2, -0.15) is 15.8 Å². The molecule has 7 heteroatoms. The molecule has 1 atom stereocenters. The molecule has 2 heterocycles. The van der Waals surface area contributed by atoms with Crippen molar-refractivity contribution in [3.8, 4) is 18.2 Å². The number of β-amino-alcohol motifs (C(OH)–C–C–N with tert-alkyl or cyclic N) is 1. The van der Waals surface area contributed by atoms with Crippen LogP contribution in [0.25, 0.3) is 0 Å². The van der Waals surface area contributed by atoms with Gasteiger partial charge in [-0.05, 0) is 31.6 Å². The van der Waals surface area contributed by atoms with Gasteiger partial charge in [-0.3, -0.25) is 0 Å². The summed E-state index contributed by atoms with van der Waals surface area (Å²) in [6.07, 6.45) is 11.8. The highest BCUT2D eigenvalue weighted by Gasteiger charge is 2.38. The second kappa shape index (κ2) is 8.88. The maximum atomic E-state index is 9.49. The smallest absolute Gasteiger partial charge is 0.172 e. The van der Waals surface area contributed by atoms with Crippen LogP contribution in [0.5, 0.6) is 0 Å². The van der Waals surface area contributed by atoms with Gasteiger partial charge >= 0.3 is 0 Å². The molecular weight excluding hydrogens is 356 g/mol.